The van der Waals surface area contributed by atoms with Gasteiger partial charge in [0, 0.05) is 13.5 Å². The minimum Gasteiger partial charge on any atom is -0.441 e. The number of halogens is 1. The molecule has 29 heavy (non-hydrogen) atoms. The minimum atomic E-state index is -3.54. The summed E-state index contributed by atoms with van der Waals surface area (Å²) in [6, 6.07) is 7.52. The molecule has 0 aliphatic carbocycles. The lowest BCUT2D eigenvalue weighted by Crippen LogP contribution is -2.27. The van der Waals surface area contributed by atoms with Gasteiger partial charge in [0.15, 0.2) is 0 Å². The highest BCUT2D eigenvalue weighted by molar-refractivity contribution is 7.92. The average Bonchev–Trinajstić information content (AvgIpc) is 2.99. The number of nitrogens with zero attached hydrogens (tertiary/aromatic N) is 2. The van der Waals surface area contributed by atoms with Crippen molar-refractivity contribution in [3.63, 3.8) is 0 Å². The van der Waals surface area contributed by atoms with Crippen LogP contribution >= 0.6 is 0 Å². The molecule has 1 amide bonds. The number of carbonyl (C=O) groups excluding carboxylic acids is 1. The Morgan fingerprint density at radius 3 is 2.48 bits per heavy atom. The van der Waals surface area contributed by atoms with Crippen molar-refractivity contribution < 1.29 is 22.0 Å². The summed E-state index contributed by atoms with van der Waals surface area (Å²) in [4.78, 5) is 16.5. The van der Waals surface area contributed by atoms with Gasteiger partial charge in [-0.25, -0.2) is 12.8 Å². The Morgan fingerprint density at radius 1 is 1.28 bits per heavy atom. The van der Waals surface area contributed by atoms with Crippen LogP contribution in [-0.4, -0.2) is 32.6 Å². The van der Waals surface area contributed by atoms with E-state index in [1.54, 1.807) is 18.2 Å². The molecule has 2 N–H and O–H groups in total. The normalized spacial score (nSPS) is 11.7. The van der Waals surface area contributed by atoms with Crippen LogP contribution in [0, 0.1) is 5.82 Å². The highest BCUT2D eigenvalue weighted by Crippen LogP contribution is 2.32. The van der Waals surface area contributed by atoms with Crippen LogP contribution in [0.2, 0.25) is 0 Å². The number of amides is 1. The van der Waals surface area contributed by atoms with E-state index >= 15 is 0 Å². The van der Waals surface area contributed by atoms with Gasteiger partial charge >= 0.3 is 0 Å². The number of hydrogen-bond acceptors (Lipinski definition) is 5. The third-order valence-corrected chi connectivity index (χ3v) is 5.82. The standard InChI is InChI=1S/C20H22FN3O4S/c1-4-5-13-11-15-17(18(22)25)16(10-12-6-8-14(21)9-7-12)28-20(15)23-19(13)24(2)29(3,26)27/h6-9,11H,4-5,10H2,1-3H3,(H2,22,25). The molecule has 0 atom stereocenters. The highest BCUT2D eigenvalue weighted by Gasteiger charge is 2.24. The quantitative estimate of drug-likeness (QED) is 0.634. The van der Waals surface area contributed by atoms with E-state index in [1.165, 1.54) is 19.2 Å². The molecular weight excluding hydrogens is 397 g/mol. The Bertz CT molecular complexity index is 1170. The number of rotatable bonds is 7. The molecular formula is C20H22FN3O4S. The molecule has 154 valence electrons. The first-order valence-electron chi connectivity index (χ1n) is 9.05. The Balaban J connectivity index is 2.20. The summed E-state index contributed by atoms with van der Waals surface area (Å²) in [5.41, 5.74) is 7.33. The van der Waals surface area contributed by atoms with Crippen LogP contribution in [0.15, 0.2) is 34.7 Å². The summed E-state index contributed by atoms with van der Waals surface area (Å²) in [7, 11) is -2.12. The van der Waals surface area contributed by atoms with Gasteiger partial charge in [-0.3, -0.25) is 9.10 Å². The van der Waals surface area contributed by atoms with Crippen molar-refractivity contribution in [2.24, 2.45) is 5.73 Å². The van der Waals surface area contributed by atoms with Gasteiger partial charge in [-0.05, 0) is 35.7 Å². The molecule has 0 saturated heterocycles. The number of primary amides is 1. The average molecular weight is 419 g/mol. The van der Waals surface area contributed by atoms with Crippen molar-refractivity contribution in [1.82, 2.24) is 4.98 Å². The number of benzene rings is 1. The van der Waals surface area contributed by atoms with E-state index in [2.05, 4.69) is 4.98 Å². The van der Waals surface area contributed by atoms with E-state index in [9.17, 15) is 17.6 Å². The third-order valence-electron chi connectivity index (χ3n) is 4.65. The van der Waals surface area contributed by atoms with E-state index in [-0.39, 0.29) is 29.3 Å². The van der Waals surface area contributed by atoms with Gasteiger partial charge in [0.25, 0.3) is 5.91 Å². The molecule has 0 bridgehead atoms. The zero-order valence-electron chi connectivity index (χ0n) is 16.4. The second kappa shape index (κ2) is 7.82. The Kier molecular flexibility index (Phi) is 5.61. The van der Waals surface area contributed by atoms with Crippen LogP contribution in [0.5, 0.6) is 0 Å². The largest absolute Gasteiger partial charge is 0.441 e. The molecule has 2 aromatic heterocycles. The Morgan fingerprint density at radius 2 is 1.93 bits per heavy atom. The van der Waals surface area contributed by atoms with Crippen molar-refractivity contribution in [2.45, 2.75) is 26.2 Å². The number of pyridine rings is 1. The number of furan rings is 1. The van der Waals surface area contributed by atoms with E-state index in [4.69, 9.17) is 10.2 Å². The molecule has 0 aliphatic heterocycles. The summed E-state index contributed by atoms with van der Waals surface area (Å²) in [6.07, 6.45) is 2.62. The maximum atomic E-state index is 13.2. The van der Waals surface area contributed by atoms with Crippen molar-refractivity contribution in [1.29, 1.82) is 0 Å². The van der Waals surface area contributed by atoms with Crippen molar-refractivity contribution in [2.75, 3.05) is 17.6 Å². The van der Waals surface area contributed by atoms with Crippen LogP contribution in [0.1, 0.15) is 40.6 Å². The highest BCUT2D eigenvalue weighted by atomic mass is 32.2. The summed E-state index contributed by atoms with van der Waals surface area (Å²) in [5.74, 6) is -0.490. The molecule has 0 saturated carbocycles. The first-order valence-corrected chi connectivity index (χ1v) is 10.9. The fraction of sp³-hybridized carbons (Fsp3) is 0.300. The summed E-state index contributed by atoms with van der Waals surface area (Å²) < 4.78 is 44.1. The lowest BCUT2D eigenvalue weighted by molar-refractivity contribution is 0.1000. The number of nitrogens with two attached hydrogens (primary N) is 1. The lowest BCUT2D eigenvalue weighted by atomic mass is 10.0. The topological polar surface area (TPSA) is 106 Å². The lowest BCUT2D eigenvalue weighted by Gasteiger charge is -2.18. The number of aromatic nitrogens is 1. The number of fused-ring (bicyclic) bond motifs is 1. The van der Waals surface area contributed by atoms with Gasteiger partial charge in [-0.2, -0.15) is 4.98 Å². The molecule has 3 aromatic rings. The summed E-state index contributed by atoms with van der Waals surface area (Å²) in [6.45, 7) is 1.96. The molecule has 0 fully saturated rings. The van der Waals surface area contributed by atoms with Gasteiger partial charge < -0.3 is 10.2 Å². The number of carbonyl (C=O) groups is 1. The molecule has 2 heterocycles. The summed E-state index contributed by atoms with van der Waals surface area (Å²) >= 11 is 0. The fourth-order valence-electron chi connectivity index (χ4n) is 3.17. The first kappa shape index (κ1) is 20.8. The number of hydrogen-bond donors (Lipinski definition) is 1. The van der Waals surface area contributed by atoms with E-state index in [0.717, 1.165) is 22.5 Å². The monoisotopic (exact) mass is 419 g/mol. The van der Waals surface area contributed by atoms with Gasteiger partial charge in [0.1, 0.15) is 17.4 Å². The zero-order valence-corrected chi connectivity index (χ0v) is 17.2. The third kappa shape index (κ3) is 4.24. The van der Waals surface area contributed by atoms with Crippen molar-refractivity contribution in [3.8, 4) is 0 Å². The molecule has 0 unspecified atom stereocenters. The first-order chi connectivity index (χ1) is 13.6. The van der Waals surface area contributed by atoms with E-state index in [1.807, 2.05) is 6.92 Å². The molecule has 7 nitrogen and oxygen atoms in total. The van der Waals surface area contributed by atoms with Gasteiger partial charge in [-0.15, -0.1) is 0 Å². The predicted octanol–water partition coefficient (Wildman–Crippen LogP) is 3.00. The van der Waals surface area contributed by atoms with Crippen molar-refractivity contribution >= 4 is 32.8 Å². The smallest absolute Gasteiger partial charge is 0.252 e. The van der Waals surface area contributed by atoms with E-state index < -0.39 is 15.9 Å². The molecule has 0 aliphatic rings. The van der Waals surface area contributed by atoms with Crippen LogP contribution in [0.4, 0.5) is 10.2 Å². The molecule has 1 aromatic carbocycles. The molecule has 0 radical (unpaired) electrons. The molecule has 3 rings (SSSR count). The van der Waals surface area contributed by atoms with Crippen LogP contribution in [0.25, 0.3) is 11.1 Å². The second-order valence-corrected chi connectivity index (χ2v) is 8.89. The maximum Gasteiger partial charge on any atom is 0.252 e. The molecule has 9 heteroatoms. The van der Waals surface area contributed by atoms with E-state index in [0.29, 0.717) is 23.1 Å². The number of aryl methyl sites for hydroxylation is 1. The molecule has 0 spiro atoms. The second-order valence-electron chi connectivity index (χ2n) is 6.87. The van der Waals surface area contributed by atoms with Gasteiger partial charge in [-0.1, -0.05) is 25.5 Å². The van der Waals surface area contributed by atoms with Gasteiger partial charge in [0.05, 0.1) is 17.2 Å². The maximum absolute atomic E-state index is 13.2. The van der Waals surface area contributed by atoms with Crippen LogP contribution < -0.4 is 10.0 Å². The van der Waals surface area contributed by atoms with Crippen LogP contribution in [-0.2, 0) is 22.9 Å². The summed E-state index contributed by atoms with van der Waals surface area (Å²) in [5, 5.41) is 0.434. The minimum absolute atomic E-state index is 0.126. The van der Waals surface area contributed by atoms with Gasteiger partial charge in [0.2, 0.25) is 15.7 Å². The number of sulfonamides is 1. The fourth-order valence-corrected chi connectivity index (χ4v) is 3.64. The SMILES string of the molecule is CCCc1cc2c(C(N)=O)c(Cc3ccc(F)cc3)oc2nc1N(C)S(C)(=O)=O. The number of anilines is 1. The Labute approximate surface area is 168 Å². The van der Waals surface area contributed by atoms with Crippen molar-refractivity contribution in [3.05, 3.63) is 58.6 Å². The predicted molar refractivity (Wildman–Crippen MR) is 109 cm³/mol. The zero-order chi connectivity index (χ0) is 21.3. The van der Waals surface area contributed by atoms with Crippen LogP contribution in [0.3, 0.4) is 0 Å². The Hall–Kier alpha value is -2.94.